The van der Waals surface area contributed by atoms with E-state index in [-0.39, 0.29) is 0 Å². The predicted octanol–water partition coefficient (Wildman–Crippen LogP) is 4.47. The van der Waals surface area contributed by atoms with Gasteiger partial charge in [0.15, 0.2) is 5.75 Å². The highest BCUT2D eigenvalue weighted by molar-refractivity contribution is 9.10. The average molecular weight is 356 g/mol. The van der Waals surface area contributed by atoms with Crippen LogP contribution in [0.15, 0.2) is 46.9 Å². The lowest BCUT2D eigenvalue weighted by atomic mass is 10.2. The Morgan fingerprint density at radius 1 is 1.25 bits per heavy atom. The van der Waals surface area contributed by atoms with Crippen LogP contribution < -0.4 is 4.74 Å². The quantitative estimate of drug-likeness (QED) is 0.759. The standard InChI is InChI=1S/C15H12BrClO3/c1-19-15(18)11-7-12(16)14(13(17)8-11)20-9-10-5-3-2-4-6-10/h2-8H,9H2,1H3. The second-order valence-electron chi connectivity index (χ2n) is 4.03. The fraction of sp³-hybridized carbons (Fsp3) is 0.133. The predicted molar refractivity (Wildman–Crippen MR) is 81.3 cm³/mol. The topological polar surface area (TPSA) is 35.5 Å². The fourth-order valence-corrected chi connectivity index (χ4v) is 2.63. The second-order valence-corrected chi connectivity index (χ2v) is 5.30. The number of benzene rings is 2. The molecule has 0 radical (unpaired) electrons. The number of carbonyl (C=O) groups is 1. The molecule has 0 saturated heterocycles. The van der Waals surface area contributed by atoms with Crippen LogP contribution in [0.3, 0.4) is 0 Å². The van der Waals surface area contributed by atoms with Crippen LogP contribution in [0.1, 0.15) is 15.9 Å². The highest BCUT2D eigenvalue weighted by Gasteiger charge is 2.14. The van der Waals surface area contributed by atoms with E-state index in [1.54, 1.807) is 6.07 Å². The van der Waals surface area contributed by atoms with Crippen molar-refractivity contribution in [3.05, 3.63) is 63.1 Å². The van der Waals surface area contributed by atoms with Crippen LogP contribution in [-0.4, -0.2) is 13.1 Å². The zero-order valence-electron chi connectivity index (χ0n) is 10.7. The van der Waals surface area contributed by atoms with Crippen LogP contribution >= 0.6 is 27.5 Å². The number of methoxy groups -OCH3 is 1. The van der Waals surface area contributed by atoms with Crippen LogP contribution in [0.4, 0.5) is 0 Å². The molecule has 0 fully saturated rings. The zero-order chi connectivity index (χ0) is 14.5. The molecule has 0 unspecified atom stereocenters. The second kappa shape index (κ2) is 6.77. The smallest absolute Gasteiger partial charge is 0.337 e. The Morgan fingerprint density at radius 3 is 2.55 bits per heavy atom. The van der Waals surface area contributed by atoms with E-state index in [2.05, 4.69) is 20.7 Å². The molecule has 2 aromatic rings. The highest BCUT2D eigenvalue weighted by atomic mass is 79.9. The van der Waals surface area contributed by atoms with Gasteiger partial charge in [0.1, 0.15) is 6.61 Å². The van der Waals surface area contributed by atoms with E-state index < -0.39 is 5.97 Å². The molecule has 2 aromatic carbocycles. The molecule has 0 heterocycles. The fourth-order valence-electron chi connectivity index (χ4n) is 1.66. The van der Waals surface area contributed by atoms with Crippen molar-refractivity contribution in [3.8, 4) is 5.75 Å². The molecule has 0 bridgehead atoms. The molecule has 0 aromatic heterocycles. The largest absolute Gasteiger partial charge is 0.486 e. The maximum absolute atomic E-state index is 11.5. The SMILES string of the molecule is COC(=O)c1cc(Cl)c(OCc2ccccc2)c(Br)c1. The lowest BCUT2D eigenvalue weighted by molar-refractivity contribution is 0.0600. The maximum atomic E-state index is 11.5. The Hall–Kier alpha value is -1.52. The molecule has 0 amide bonds. The van der Waals surface area contributed by atoms with E-state index in [9.17, 15) is 4.79 Å². The van der Waals surface area contributed by atoms with Gasteiger partial charge in [0.05, 0.1) is 22.2 Å². The van der Waals surface area contributed by atoms with Gasteiger partial charge in [0, 0.05) is 0 Å². The minimum Gasteiger partial charge on any atom is -0.486 e. The molecule has 2 rings (SSSR count). The van der Waals surface area contributed by atoms with E-state index in [4.69, 9.17) is 16.3 Å². The van der Waals surface area contributed by atoms with E-state index in [1.807, 2.05) is 30.3 Å². The normalized spacial score (nSPS) is 10.2. The summed E-state index contributed by atoms with van der Waals surface area (Å²) < 4.78 is 11.0. The minimum atomic E-state index is -0.442. The molecule has 0 aliphatic rings. The molecule has 0 aliphatic carbocycles. The Morgan fingerprint density at radius 2 is 1.95 bits per heavy atom. The number of esters is 1. The minimum absolute atomic E-state index is 0.357. The molecule has 20 heavy (non-hydrogen) atoms. The van der Waals surface area contributed by atoms with Gasteiger partial charge in [-0.3, -0.25) is 0 Å². The average Bonchev–Trinajstić information content (AvgIpc) is 2.46. The Kier molecular flexibility index (Phi) is 5.04. The van der Waals surface area contributed by atoms with E-state index in [0.717, 1.165) is 5.56 Å². The van der Waals surface area contributed by atoms with Gasteiger partial charge in [-0.25, -0.2) is 4.79 Å². The molecule has 0 atom stereocenters. The highest BCUT2D eigenvalue weighted by Crippen LogP contribution is 2.35. The number of carbonyl (C=O) groups excluding carboxylic acids is 1. The van der Waals surface area contributed by atoms with Gasteiger partial charge in [0.2, 0.25) is 0 Å². The number of hydrogen-bond donors (Lipinski definition) is 0. The maximum Gasteiger partial charge on any atom is 0.337 e. The first-order valence-corrected chi connectivity index (χ1v) is 7.03. The number of rotatable bonds is 4. The van der Waals surface area contributed by atoms with Crippen LogP contribution in [0.2, 0.25) is 5.02 Å². The summed E-state index contributed by atoms with van der Waals surface area (Å²) >= 11 is 9.49. The van der Waals surface area contributed by atoms with Crippen LogP contribution in [0.25, 0.3) is 0 Å². The van der Waals surface area contributed by atoms with Crippen molar-refractivity contribution in [1.82, 2.24) is 0 Å². The first-order valence-electron chi connectivity index (χ1n) is 5.86. The van der Waals surface area contributed by atoms with Crippen molar-refractivity contribution in [3.63, 3.8) is 0 Å². The van der Waals surface area contributed by atoms with E-state index in [0.29, 0.717) is 27.4 Å². The molecule has 0 aliphatic heterocycles. The van der Waals surface area contributed by atoms with Gasteiger partial charge in [0.25, 0.3) is 0 Å². The number of halogens is 2. The Balaban J connectivity index is 2.18. The summed E-state index contributed by atoms with van der Waals surface area (Å²) in [4.78, 5) is 11.5. The monoisotopic (exact) mass is 354 g/mol. The van der Waals surface area contributed by atoms with Crippen LogP contribution in [0, 0.1) is 0 Å². The summed E-state index contributed by atoms with van der Waals surface area (Å²) in [6.45, 7) is 0.400. The van der Waals surface area contributed by atoms with Crippen LogP contribution in [0.5, 0.6) is 5.75 Å². The summed E-state index contributed by atoms with van der Waals surface area (Å²) in [6, 6.07) is 12.9. The molecule has 0 spiro atoms. The summed E-state index contributed by atoms with van der Waals surface area (Å²) in [5, 5.41) is 0.357. The Labute approximate surface area is 130 Å². The third-order valence-corrected chi connectivity index (χ3v) is 3.52. The van der Waals surface area contributed by atoms with Gasteiger partial charge in [-0.2, -0.15) is 0 Å². The van der Waals surface area contributed by atoms with Gasteiger partial charge >= 0.3 is 5.97 Å². The number of ether oxygens (including phenoxy) is 2. The Bertz CT molecular complexity index is 591. The summed E-state index contributed by atoms with van der Waals surface area (Å²) in [5.74, 6) is 0.0605. The lowest BCUT2D eigenvalue weighted by Gasteiger charge is -2.11. The van der Waals surface area contributed by atoms with Crippen LogP contribution in [-0.2, 0) is 11.3 Å². The van der Waals surface area contributed by atoms with Gasteiger partial charge < -0.3 is 9.47 Å². The molecular formula is C15H12BrClO3. The third-order valence-electron chi connectivity index (χ3n) is 2.65. The summed E-state index contributed by atoms with van der Waals surface area (Å²) in [7, 11) is 1.32. The van der Waals surface area contributed by atoms with Crippen molar-refractivity contribution in [2.45, 2.75) is 6.61 Å². The van der Waals surface area contributed by atoms with Crippen molar-refractivity contribution >= 4 is 33.5 Å². The molecule has 5 heteroatoms. The van der Waals surface area contributed by atoms with Crippen molar-refractivity contribution < 1.29 is 14.3 Å². The molecule has 3 nitrogen and oxygen atoms in total. The van der Waals surface area contributed by atoms with E-state index >= 15 is 0 Å². The van der Waals surface area contributed by atoms with Gasteiger partial charge in [-0.1, -0.05) is 41.9 Å². The van der Waals surface area contributed by atoms with E-state index in [1.165, 1.54) is 13.2 Å². The third kappa shape index (κ3) is 3.52. The van der Waals surface area contributed by atoms with Gasteiger partial charge in [-0.05, 0) is 33.6 Å². The van der Waals surface area contributed by atoms with Gasteiger partial charge in [-0.15, -0.1) is 0 Å². The van der Waals surface area contributed by atoms with Crippen molar-refractivity contribution in [2.24, 2.45) is 0 Å². The lowest BCUT2D eigenvalue weighted by Crippen LogP contribution is -2.03. The summed E-state index contributed by atoms with van der Waals surface area (Å²) in [5.41, 5.74) is 1.41. The first kappa shape index (κ1) is 14.9. The summed E-state index contributed by atoms with van der Waals surface area (Å²) in [6.07, 6.45) is 0. The molecular weight excluding hydrogens is 344 g/mol. The number of hydrogen-bond acceptors (Lipinski definition) is 3. The molecule has 0 N–H and O–H groups in total. The first-order chi connectivity index (χ1) is 9.61. The molecule has 0 saturated carbocycles. The van der Waals surface area contributed by atoms with Crippen molar-refractivity contribution in [1.29, 1.82) is 0 Å². The molecule has 104 valence electrons. The zero-order valence-corrected chi connectivity index (χ0v) is 13.1. The van der Waals surface area contributed by atoms with Crippen molar-refractivity contribution in [2.75, 3.05) is 7.11 Å².